The van der Waals surface area contributed by atoms with Gasteiger partial charge in [0, 0.05) is 25.2 Å². The molecule has 0 bridgehead atoms. The van der Waals surface area contributed by atoms with Gasteiger partial charge in [-0.15, -0.1) is 5.10 Å². The Morgan fingerprint density at radius 2 is 2.11 bits per heavy atom. The fourth-order valence-corrected chi connectivity index (χ4v) is 2.81. The molecule has 3 rings (SSSR count). The van der Waals surface area contributed by atoms with Gasteiger partial charge in [0.05, 0.1) is 18.0 Å². The van der Waals surface area contributed by atoms with Crippen molar-refractivity contribution in [2.45, 2.75) is 39.2 Å². The summed E-state index contributed by atoms with van der Waals surface area (Å²) in [6.07, 6.45) is 6.11. The Morgan fingerprint density at radius 1 is 1.25 bits per heavy atom. The van der Waals surface area contributed by atoms with Crippen LogP contribution in [0.15, 0.2) is 24.5 Å². The summed E-state index contributed by atoms with van der Waals surface area (Å²) in [4.78, 5) is 12.9. The average molecular weight is 385 g/mol. The van der Waals surface area contributed by atoms with Gasteiger partial charge in [-0.05, 0) is 26.0 Å². The molecule has 28 heavy (non-hydrogen) atoms. The topological polar surface area (TPSA) is 112 Å². The van der Waals surface area contributed by atoms with Crippen molar-refractivity contribution in [3.63, 3.8) is 0 Å². The van der Waals surface area contributed by atoms with Crippen LogP contribution in [0.3, 0.4) is 0 Å². The Balaban J connectivity index is 1.76. The summed E-state index contributed by atoms with van der Waals surface area (Å²) in [5.74, 6) is 0.899. The number of likely N-dealkylation sites (N-methyl/N-ethyl adjacent to an activating group) is 1. The summed E-state index contributed by atoms with van der Waals surface area (Å²) in [7, 11) is 1.88. The number of nitrogen functional groups attached to an aromatic ring is 1. The first kappa shape index (κ1) is 19.8. The van der Waals surface area contributed by atoms with Crippen LogP contribution in [0.25, 0.3) is 5.65 Å². The zero-order valence-electron chi connectivity index (χ0n) is 16.6. The highest BCUT2D eigenvalue weighted by molar-refractivity contribution is 5.59. The van der Waals surface area contributed by atoms with E-state index in [4.69, 9.17) is 15.2 Å². The van der Waals surface area contributed by atoms with Crippen LogP contribution in [0.4, 0.5) is 5.82 Å². The third-order valence-electron chi connectivity index (χ3n) is 4.23. The fraction of sp³-hybridized carbons (Fsp3) is 0.474. The molecule has 3 aromatic rings. The van der Waals surface area contributed by atoms with E-state index in [-0.39, 0.29) is 12.1 Å². The lowest BCUT2D eigenvalue weighted by Crippen LogP contribution is -2.16. The lowest BCUT2D eigenvalue weighted by Gasteiger charge is -2.12. The molecule has 0 radical (unpaired) electrons. The summed E-state index contributed by atoms with van der Waals surface area (Å²) < 4.78 is 13.0. The summed E-state index contributed by atoms with van der Waals surface area (Å²) in [6.45, 7) is 5.45. The molecule has 3 heterocycles. The van der Waals surface area contributed by atoms with Crippen LogP contribution >= 0.6 is 0 Å². The molecule has 0 saturated carbocycles. The monoisotopic (exact) mass is 385 g/mol. The van der Waals surface area contributed by atoms with Gasteiger partial charge < -0.3 is 20.5 Å². The van der Waals surface area contributed by atoms with Gasteiger partial charge in [-0.1, -0.05) is 19.4 Å². The number of aromatic nitrogens is 5. The molecule has 0 fully saturated rings. The highest BCUT2D eigenvalue weighted by Gasteiger charge is 2.14. The molecule has 0 amide bonds. The van der Waals surface area contributed by atoms with Crippen molar-refractivity contribution < 1.29 is 9.47 Å². The summed E-state index contributed by atoms with van der Waals surface area (Å²) in [5, 5.41) is 7.50. The molecular formula is C19H27N7O2. The van der Waals surface area contributed by atoms with Crippen LogP contribution in [0.2, 0.25) is 0 Å². The highest BCUT2D eigenvalue weighted by Crippen LogP contribution is 2.18. The number of pyridine rings is 1. The molecule has 0 aliphatic carbocycles. The van der Waals surface area contributed by atoms with Gasteiger partial charge in [0.15, 0.2) is 11.5 Å². The smallest absolute Gasteiger partial charge is 0.336 e. The minimum absolute atomic E-state index is 0.0217. The second-order valence-electron chi connectivity index (χ2n) is 6.62. The predicted molar refractivity (Wildman–Crippen MR) is 107 cm³/mol. The van der Waals surface area contributed by atoms with Crippen molar-refractivity contribution in [1.82, 2.24) is 29.9 Å². The van der Waals surface area contributed by atoms with Crippen molar-refractivity contribution in [2.75, 3.05) is 25.9 Å². The molecular weight excluding hydrogens is 358 g/mol. The Morgan fingerprint density at radius 3 is 2.82 bits per heavy atom. The number of imidazole rings is 1. The Labute approximate surface area is 164 Å². The third-order valence-corrected chi connectivity index (χ3v) is 4.23. The van der Waals surface area contributed by atoms with Crippen LogP contribution in [0, 0.1) is 0 Å². The number of ether oxygens (including phenoxy) is 2. The molecule has 0 aromatic carbocycles. The number of fused-ring (bicyclic) bond motifs is 1. The molecule has 0 saturated heterocycles. The van der Waals surface area contributed by atoms with Crippen LogP contribution in [-0.2, 0) is 6.42 Å². The third kappa shape index (κ3) is 4.86. The van der Waals surface area contributed by atoms with E-state index in [1.165, 1.54) is 0 Å². The molecule has 0 aliphatic rings. The molecule has 9 heteroatoms. The number of hydrogen-bond acceptors (Lipinski definition) is 8. The zero-order valence-corrected chi connectivity index (χ0v) is 16.6. The van der Waals surface area contributed by atoms with E-state index >= 15 is 0 Å². The summed E-state index contributed by atoms with van der Waals surface area (Å²) in [5.41, 5.74) is 8.45. The largest absolute Gasteiger partial charge is 0.476 e. The normalized spacial score (nSPS) is 12.2. The van der Waals surface area contributed by atoms with Crippen LogP contribution in [0.5, 0.6) is 11.9 Å². The molecule has 3 aromatic heterocycles. The second kappa shape index (κ2) is 9.32. The average Bonchev–Trinajstić information content (AvgIpc) is 3.07. The van der Waals surface area contributed by atoms with Crippen LogP contribution in [-0.4, -0.2) is 50.9 Å². The maximum atomic E-state index is 6.04. The minimum Gasteiger partial charge on any atom is -0.476 e. The van der Waals surface area contributed by atoms with E-state index in [1.54, 1.807) is 16.9 Å². The van der Waals surface area contributed by atoms with Gasteiger partial charge in [0.1, 0.15) is 6.61 Å². The fourth-order valence-electron chi connectivity index (χ4n) is 2.81. The van der Waals surface area contributed by atoms with Crippen molar-refractivity contribution >= 4 is 11.5 Å². The molecule has 9 nitrogen and oxygen atoms in total. The first-order chi connectivity index (χ1) is 13.6. The summed E-state index contributed by atoms with van der Waals surface area (Å²) >= 11 is 0. The van der Waals surface area contributed by atoms with Gasteiger partial charge in [0.2, 0.25) is 5.88 Å². The lowest BCUT2D eigenvalue weighted by atomic mass is 10.2. The van der Waals surface area contributed by atoms with E-state index in [0.717, 1.165) is 30.6 Å². The van der Waals surface area contributed by atoms with Gasteiger partial charge >= 0.3 is 6.01 Å². The number of anilines is 1. The molecule has 0 spiro atoms. The maximum absolute atomic E-state index is 6.04. The molecule has 3 N–H and O–H groups in total. The minimum atomic E-state index is 0.0217. The number of rotatable bonds is 10. The quantitative estimate of drug-likeness (QED) is 0.509. The maximum Gasteiger partial charge on any atom is 0.336 e. The predicted octanol–water partition coefficient (Wildman–Crippen LogP) is 1.86. The van der Waals surface area contributed by atoms with E-state index in [9.17, 15) is 0 Å². The number of nitrogens with zero attached hydrogens (tertiary/aromatic N) is 5. The lowest BCUT2D eigenvalue weighted by molar-refractivity contribution is 0.189. The van der Waals surface area contributed by atoms with E-state index in [1.807, 2.05) is 26.1 Å². The number of hydrogen-bond donors (Lipinski definition) is 2. The van der Waals surface area contributed by atoms with Crippen molar-refractivity contribution in [1.29, 1.82) is 0 Å². The van der Waals surface area contributed by atoms with Gasteiger partial charge in [-0.25, -0.2) is 14.5 Å². The van der Waals surface area contributed by atoms with Crippen molar-refractivity contribution in [3.8, 4) is 11.9 Å². The van der Waals surface area contributed by atoms with Gasteiger partial charge in [-0.2, -0.15) is 4.98 Å². The van der Waals surface area contributed by atoms with Gasteiger partial charge in [-0.3, -0.25) is 0 Å². The Kier molecular flexibility index (Phi) is 6.59. The summed E-state index contributed by atoms with van der Waals surface area (Å²) in [6, 6.07) is 4.10. The molecule has 0 aliphatic heterocycles. The number of nitrogens with one attached hydrogen (secondary N) is 1. The van der Waals surface area contributed by atoms with Gasteiger partial charge in [0.25, 0.3) is 0 Å². The van der Waals surface area contributed by atoms with Crippen LogP contribution in [0.1, 0.15) is 37.9 Å². The van der Waals surface area contributed by atoms with Crippen molar-refractivity contribution in [3.05, 3.63) is 35.8 Å². The first-order valence-electron chi connectivity index (χ1n) is 9.49. The molecule has 0 unspecified atom stereocenters. The Hall–Kier alpha value is -2.94. The molecule has 1 atom stereocenters. The van der Waals surface area contributed by atoms with E-state index in [0.29, 0.717) is 30.4 Å². The van der Waals surface area contributed by atoms with E-state index < -0.39 is 0 Å². The SMILES string of the molecule is CCC[C@H](C)Oc1nc(N)c2ncc(Cc3ccc(OCCNC)nc3)n2n1. The second-order valence-corrected chi connectivity index (χ2v) is 6.62. The van der Waals surface area contributed by atoms with E-state index in [2.05, 4.69) is 32.3 Å². The zero-order chi connectivity index (χ0) is 19.9. The highest BCUT2D eigenvalue weighted by atomic mass is 16.5. The molecule has 150 valence electrons. The number of nitrogens with two attached hydrogens (primary N) is 1. The van der Waals surface area contributed by atoms with Crippen molar-refractivity contribution in [2.24, 2.45) is 0 Å². The Bertz CT molecular complexity index is 895. The standard InChI is InChI=1S/C19H27N7O2/c1-4-5-13(2)28-19-24-17(20)18-23-12-15(26(18)25-19)10-14-6-7-16(22-11-14)27-9-8-21-3/h6-7,11-13,21H,4-5,8-10H2,1-3H3,(H2,20,24,25)/t13-/m0/s1. The first-order valence-corrected chi connectivity index (χ1v) is 9.49. The van der Waals surface area contributed by atoms with Crippen LogP contribution < -0.4 is 20.5 Å².